The first-order chi connectivity index (χ1) is 9.76. The van der Waals surface area contributed by atoms with Crippen LogP contribution in [0.1, 0.15) is 31.6 Å². The highest BCUT2D eigenvalue weighted by molar-refractivity contribution is 5.72. The molecule has 0 bridgehead atoms. The third-order valence-electron chi connectivity index (χ3n) is 3.93. The van der Waals surface area contributed by atoms with Gasteiger partial charge < -0.3 is 9.52 Å². The summed E-state index contributed by atoms with van der Waals surface area (Å²) in [5.41, 5.74) is 1.21. The van der Waals surface area contributed by atoms with Crippen molar-refractivity contribution in [1.29, 1.82) is 0 Å². The van der Waals surface area contributed by atoms with Crippen LogP contribution >= 0.6 is 0 Å². The van der Waals surface area contributed by atoms with Crippen LogP contribution < -0.4 is 0 Å². The Morgan fingerprint density at radius 1 is 1.45 bits per heavy atom. The molecular formula is C15H19FN2O2. The fraction of sp³-hybridized carbons (Fsp3) is 0.533. The van der Waals surface area contributed by atoms with E-state index in [9.17, 15) is 4.39 Å². The lowest BCUT2D eigenvalue weighted by atomic mass is 10.1. The van der Waals surface area contributed by atoms with Crippen molar-refractivity contribution >= 4 is 11.1 Å². The van der Waals surface area contributed by atoms with E-state index >= 15 is 0 Å². The SMILES string of the molecule is OCCCC1CCCN1Cc1nc2ccc(F)cc2o1. The third kappa shape index (κ3) is 2.83. The number of rotatable bonds is 5. The number of benzene rings is 1. The van der Waals surface area contributed by atoms with Gasteiger partial charge in [0.25, 0.3) is 0 Å². The predicted molar refractivity (Wildman–Crippen MR) is 73.7 cm³/mol. The minimum absolute atomic E-state index is 0.243. The first-order valence-electron chi connectivity index (χ1n) is 7.16. The predicted octanol–water partition coefficient (Wildman–Crippen LogP) is 2.70. The van der Waals surface area contributed by atoms with E-state index in [2.05, 4.69) is 9.88 Å². The quantitative estimate of drug-likeness (QED) is 0.913. The van der Waals surface area contributed by atoms with E-state index in [0.717, 1.165) is 25.8 Å². The maximum absolute atomic E-state index is 13.1. The highest BCUT2D eigenvalue weighted by Crippen LogP contribution is 2.25. The lowest BCUT2D eigenvalue weighted by Crippen LogP contribution is -2.29. The summed E-state index contributed by atoms with van der Waals surface area (Å²) in [6.07, 6.45) is 4.17. The maximum Gasteiger partial charge on any atom is 0.209 e. The number of aromatic nitrogens is 1. The molecule has 1 aromatic carbocycles. The van der Waals surface area contributed by atoms with Crippen molar-refractivity contribution in [2.24, 2.45) is 0 Å². The van der Waals surface area contributed by atoms with Crippen LogP contribution in [0.3, 0.4) is 0 Å². The van der Waals surface area contributed by atoms with Gasteiger partial charge in [0.05, 0.1) is 6.54 Å². The van der Waals surface area contributed by atoms with Gasteiger partial charge in [0, 0.05) is 18.7 Å². The van der Waals surface area contributed by atoms with Crippen molar-refractivity contribution in [3.05, 3.63) is 29.9 Å². The zero-order valence-electron chi connectivity index (χ0n) is 11.4. The lowest BCUT2D eigenvalue weighted by Gasteiger charge is -2.22. The molecule has 1 aromatic heterocycles. The number of oxazole rings is 1. The van der Waals surface area contributed by atoms with Gasteiger partial charge in [-0.3, -0.25) is 4.90 Å². The molecule has 0 aliphatic carbocycles. The highest BCUT2D eigenvalue weighted by Gasteiger charge is 2.25. The normalized spacial score (nSPS) is 20.0. The summed E-state index contributed by atoms with van der Waals surface area (Å²) in [6, 6.07) is 4.91. The molecular weight excluding hydrogens is 259 g/mol. The van der Waals surface area contributed by atoms with Crippen molar-refractivity contribution < 1.29 is 13.9 Å². The molecule has 2 aromatic rings. The Morgan fingerprint density at radius 2 is 2.35 bits per heavy atom. The molecule has 20 heavy (non-hydrogen) atoms. The minimum Gasteiger partial charge on any atom is -0.439 e. The van der Waals surface area contributed by atoms with Crippen LogP contribution in [0.25, 0.3) is 11.1 Å². The number of hydrogen-bond acceptors (Lipinski definition) is 4. The molecule has 1 fully saturated rings. The third-order valence-corrected chi connectivity index (χ3v) is 3.93. The van der Waals surface area contributed by atoms with Crippen LogP contribution in [0.4, 0.5) is 4.39 Å². The number of fused-ring (bicyclic) bond motifs is 1. The molecule has 2 heterocycles. The molecule has 4 nitrogen and oxygen atoms in total. The second-order valence-electron chi connectivity index (χ2n) is 5.35. The average molecular weight is 278 g/mol. The van der Waals surface area contributed by atoms with Crippen molar-refractivity contribution in [2.45, 2.75) is 38.3 Å². The van der Waals surface area contributed by atoms with E-state index in [-0.39, 0.29) is 12.4 Å². The molecule has 5 heteroatoms. The molecule has 3 rings (SSSR count). The van der Waals surface area contributed by atoms with Crippen LogP contribution in [0, 0.1) is 5.82 Å². The van der Waals surface area contributed by atoms with Crippen LogP contribution in [0.15, 0.2) is 22.6 Å². The summed E-state index contributed by atoms with van der Waals surface area (Å²) in [4.78, 5) is 6.75. The molecule has 0 saturated carbocycles. The smallest absolute Gasteiger partial charge is 0.209 e. The number of hydrogen-bond donors (Lipinski definition) is 1. The molecule has 1 aliphatic rings. The van der Waals surface area contributed by atoms with Crippen LogP contribution in [0.2, 0.25) is 0 Å². The molecule has 1 saturated heterocycles. The summed E-state index contributed by atoms with van der Waals surface area (Å²) in [5, 5.41) is 8.94. The Labute approximate surface area is 117 Å². The maximum atomic E-state index is 13.1. The standard InChI is InChI=1S/C15H19FN2O2/c16-11-5-6-13-14(9-11)20-15(17-13)10-18-7-1-3-12(18)4-2-8-19/h5-6,9,12,19H,1-4,7-8,10H2. The fourth-order valence-electron chi connectivity index (χ4n) is 2.94. The van der Waals surface area contributed by atoms with Gasteiger partial charge in [-0.25, -0.2) is 9.37 Å². The summed E-state index contributed by atoms with van der Waals surface area (Å²) in [7, 11) is 0. The van der Waals surface area contributed by atoms with Gasteiger partial charge in [0.2, 0.25) is 5.89 Å². The van der Waals surface area contributed by atoms with Crippen molar-refractivity contribution in [1.82, 2.24) is 9.88 Å². The first kappa shape index (κ1) is 13.5. The average Bonchev–Trinajstić information content (AvgIpc) is 3.02. The van der Waals surface area contributed by atoms with Crippen molar-refractivity contribution in [3.63, 3.8) is 0 Å². The first-order valence-corrected chi connectivity index (χ1v) is 7.16. The van der Waals surface area contributed by atoms with Gasteiger partial charge >= 0.3 is 0 Å². The highest BCUT2D eigenvalue weighted by atomic mass is 19.1. The molecule has 0 radical (unpaired) electrons. The number of likely N-dealkylation sites (tertiary alicyclic amines) is 1. The molecule has 1 atom stereocenters. The molecule has 0 spiro atoms. The van der Waals surface area contributed by atoms with Crippen LogP contribution in [0.5, 0.6) is 0 Å². The van der Waals surface area contributed by atoms with Gasteiger partial charge in [-0.1, -0.05) is 0 Å². The molecule has 1 unspecified atom stereocenters. The van der Waals surface area contributed by atoms with E-state index in [0.29, 0.717) is 29.6 Å². The Kier molecular flexibility index (Phi) is 3.98. The second-order valence-corrected chi connectivity index (χ2v) is 5.35. The number of nitrogens with zero attached hydrogens (tertiary/aromatic N) is 2. The second kappa shape index (κ2) is 5.89. The minimum atomic E-state index is -0.304. The number of aliphatic hydroxyl groups is 1. The van der Waals surface area contributed by atoms with Gasteiger partial charge in [0.15, 0.2) is 5.58 Å². The summed E-state index contributed by atoms with van der Waals surface area (Å²) in [5.74, 6) is 0.337. The number of halogens is 1. The van der Waals surface area contributed by atoms with Gasteiger partial charge in [0.1, 0.15) is 11.3 Å². The Hall–Kier alpha value is -1.46. The van der Waals surface area contributed by atoms with Crippen LogP contribution in [-0.2, 0) is 6.54 Å². The molecule has 1 aliphatic heterocycles. The van der Waals surface area contributed by atoms with Crippen molar-refractivity contribution in [3.8, 4) is 0 Å². The Morgan fingerprint density at radius 3 is 3.20 bits per heavy atom. The Bertz CT molecular complexity index is 584. The molecule has 1 N–H and O–H groups in total. The summed E-state index contributed by atoms with van der Waals surface area (Å²) >= 11 is 0. The Balaban J connectivity index is 1.71. The summed E-state index contributed by atoms with van der Waals surface area (Å²) < 4.78 is 18.8. The van der Waals surface area contributed by atoms with Gasteiger partial charge in [-0.05, 0) is 44.4 Å². The van der Waals surface area contributed by atoms with Gasteiger partial charge in [-0.2, -0.15) is 0 Å². The zero-order valence-corrected chi connectivity index (χ0v) is 11.4. The van der Waals surface area contributed by atoms with E-state index < -0.39 is 0 Å². The van der Waals surface area contributed by atoms with Crippen LogP contribution in [-0.4, -0.2) is 34.2 Å². The molecule has 0 amide bonds. The summed E-state index contributed by atoms with van der Waals surface area (Å²) in [6.45, 7) is 1.93. The van der Waals surface area contributed by atoms with E-state index in [4.69, 9.17) is 9.52 Å². The van der Waals surface area contributed by atoms with E-state index in [1.807, 2.05) is 0 Å². The topological polar surface area (TPSA) is 49.5 Å². The van der Waals surface area contributed by atoms with E-state index in [1.165, 1.54) is 18.6 Å². The lowest BCUT2D eigenvalue weighted by molar-refractivity contribution is 0.196. The van der Waals surface area contributed by atoms with Crippen molar-refractivity contribution in [2.75, 3.05) is 13.2 Å². The zero-order chi connectivity index (χ0) is 13.9. The van der Waals surface area contributed by atoms with Gasteiger partial charge in [-0.15, -0.1) is 0 Å². The fourth-order valence-corrected chi connectivity index (χ4v) is 2.94. The largest absolute Gasteiger partial charge is 0.439 e. The number of aliphatic hydroxyl groups excluding tert-OH is 1. The molecule has 108 valence electrons. The van der Waals surface area contributed by atoms with E-state index in [1.54, 1.807) is 6.07 Å². The monoisotopic (exact) mass is 278 g/mol.